The van der Waals surface area contributed by atoms with Crippen molar-refractivity contribution in [3.05, 3.63) is 89.9 Å². The maximum absolute atomic E-state index is 12.9. The van der Waals surface area contributed by atoms with Gasteiger partial charge in [-0.3, -0.25) is 9.78 Å². The van der Waals surface area contributed by atoms with Crippen LogP contribution in [0.3, 0.4) is 0 Å². The predicted octanol–water partition coefficient (Wildman–Crippen LogP) is 5.22. The first-order valence-corrected chi connectivity index (χ1v) is 10.6. The fourth-order valence-corrected chi connectivity index (χ4v) is 3.43. The van der Waals surface area contributed by atoms with Gasteiger partial charge in [-0.05, 0) is 73.5 Å². The number of carbonyl (C=O) groups is 1. The quantitative estimate of drug-likeness (QED) is 0.430. The van der Waals surface area contributed by atoms with Gasteiger partial charge in [0.1, 0.15) is 0 Å². The Bertz CT molecular complexity index is 1290. The minimum absolute atomic E-state index is 0.151. The van der Waals surface area contributed by atoms with Crippen LogP contribution in [-0.2, 0) is 0 Å². The highest BCUT2D eigenvalue weighted by molar-refractivity contribution is 6.05. The van der Waals surface area contributed by atoms with Gasteiger partial charge in [-0.25, -0.2) is 9.97 Å². The summed E-state index contributed by atoms with van der Waals surface area (Å²) in [5.74, 6) is 0.320. The normalized spacial score (nSPS) is 10.5. The summed E-state index contributed by atoms with van der Waals surface area (Å²) in [4.78, 5) is 28.0. The second-order valence-electron chi connectivity index (χ2n) is 8.01. The van der Waals surface area contributed by atoms with Crippen molar-refractivity contribution < 1.29 is 4.79 Å². The summed E-state index contributed by atoms with van der Waals surface area (Å²) in [5.41, 5.74) is 6.82. The highest BCUT2D eigenvalue weighted by Gasteiger charge is 2.12. The Labute approximate surface area is 193 Å². The van der Waals surface area contributed by atoms with Gasteiger partial charge in [0.15, 0.2) is 0 Å². The summed E-state index contributed by atoms with van der Waals surface area (Å²) < 4.78 is 0. The number of nitrogens with zero attached hydrogens (tertiary/aromatic N) is 4. The Hall–Kier alpha value is -4.26. The average molecular weight is 439 g/mol. The standard InChI is InChI=1S/C26H26N6O/c1-17-7-8-20(29-25(33)22-10-9-21(32(3)4)14-18(22)2)15-24(17)31-26-28-13-11-23(30-26)19-6-5-12-27-16-19/h5-16H,1-4H3,(H,29,33)(H,28,30,31). The molecule has 0 saturated carbocycles. The van der Waals surface area contributed by atoms with Crippen molar-refractivity contribution in [1.29, 1.82) is 0 Å². The molecule has 0 bridgehead atoms. The third-order valence-corrected chi connectivity index (χ3v) is 5.33. The van der Waals surface area contributed by atoms with Gasteiger partial charge in [0.25, 0.3) is 5.91 Å². The van der Waals surface area contributed by atoms with Crippen molar-refractivity contribution in [2.45, 2.75) is 13.8 Å². The minimum atomic E-state index is -0.151. The fraction of sp³-hybridized carbons (Fsp3) is 0.154. The van der Waals surface area contributed by atoms with Crippen molar-refractivity contribution in [1.82, 2.24) is 15.0 Å². The number of pyridine rings is 1. The van der Waals surface area contributed by atoms with Gasteiger partial charge in [0.2, 0.25) is 5.95 Å². The topological polar surface area (TPSA) is 83.0 Å². The molecular formula is C26H26N6O. The van der Waals surface area contributed by atoms with Crippen molar-refractivity contribution in [3.63, 3.8) is 0 Å². The smallest absolute Gasteiger partial charge is 0.255 e. The molecule has 2 N–H and O–H groups in total. The number of benzene rings is 2. The molecule has 33 heavy (non-hydrogen) atoms. The van der Waals surface area contributed by atoms with E-state index in [-0.39, 0.29) is 5.91 Å². The predicted molar refractivity (Wildman–Crippen MR) is 133 cm³/mol. The number of rotatable bonds is 6. The van der Waals surface area contributed by atoms with E-state index in [1.165, 1.54) is 0 Å². The summed E-state index contributed by atoms with van der Waals surface area (Å²) >= 11 is 0. The van der Waals surface area contributed by atoms with Gasteiger partial charge in [0, 0.05) is 60.9 Å². The van der Waals surface area contributed by atoms with Gasteiger partial charge in [-0.1, -0.05) is 6.07 Å². The molecule has 0 unspecified atom stereocenters. The fourth-order valence-electron chi connectivity index (χ4n) is 3.43. The Morgan fingerprint density at radius 2 is 1.79 bits per heavy atom. The van der Waals surface area contributed by atoms with Crippen LogP contribution < -0.4 is 15.5 Å². The Balaban J connectivity index is 1.54. The lowest BCUT2D eigenvalue weighted by atomic mass is 10.1. The molecule has 0 aliphatic heterocycles. The lowest BCUT2D eigenvalue weighted by Crippen LogP contribution is -2.15. The largest absolute Gasteiger partial charge is 0.378 e. The van der Waals surface area contributed by atoms with Gasteiger partial charge in [-0.2, -0.15) is 0 Å². The molecule has 0 fully saturated rings. The van der Waals surface area contributed by atoms with Crippen LogP contribution in [0.25, 0.3) is 11.3 Å². The summed E-state index contributed by atoms with van der Waals surface area (Å²) in [5, 5.41) is 6.26. The van der Waals surface area contributed by atoms with E-state index in [0.717, 1.165) is 33.8 Å². The average Bonchev–Trinajstić information content (AvgIpc) is 2.82. The second-order valence-corrected chi connectivity index (χ2v) is 8.01. The van der Waals surface area contributed by atoms with Gasteiger partial charge >= 0.3 is 0 Å². The summed E-state index contributed by atoms with van der Waals surface area (Å²) in [7, 11) is 3.96. The van der Waals surface area contributed by atoms with Crippen LogP contribution in [0.1, 0.15) is 21.5 Å². The van der Waals surface area contributed by atoms with Crippen molar-refractivity contribution in [2.75, 3.05) is 29.6 Å². The number of hydrogen-bond donors (Lipinski definition) is 2. The third-order valence-electron chi connectivity index (χ3n) is 5.33. The maximum atomic E-state index is 12.9. The molecule has 2 heterocycles. The summed E-state index contributed by atoms with van der Waals surface area (Å²) in [6, 6.07) is 17.2. The highest BCUT2D eigenvalue weighted by Crippen LogP contribution is 2.25. The number of carbonyl (C=O) groups excluding carboxylic acids is 1. The van der Waals surface area contributed by atoms with E-state index in [9.17, 15) is 4.79 Å². The van der Waals surface area contributed by atoms with Crippen LogP contribution in [0.15, 0.2) is 73.2 Å². The minimum Gasteiger partial charge on any atom is -0.378 e. The third kappa shape index (κ3) is 5.15. The summed E-state index contributed by atoms with van der Waals surface area (Å²) in [6.45, 7) is 3.93. The zero-order valence-electron chi connectivity index (χ0n) is 19.1. The molecule has 2 aromatic carbocycles. The van der Waals surface area contributed by atoms with Crippen LogP contribution in [0.4, 0.5) is 23.0 Å². The SMILES string of the molecule is Cc1ccc(NC(=O)c2ccc(N(C)C)cc2C)cc1Nc1nccc(-c2cccnc2)n1. The van der Waals surface area contributed by atoms with Crippen LogP contribution in [-0.4, -0.2) is 35.0 Å². The number of hydrogen-bond acceptors (Lipinski definition) is 6. The molecule has 1 amide bonds. The van der Waals surface area contributed by atoms with E-state index < -0.39 is 0 Å². The van der Waals surface area contributed by atoms with Crippen LogP contribution in [0, 0.1) is 13.8 Å². The molecule has 0 atom stereocenters. The van der Waals surface area contributed by atoms with E-state index in [1.807, 2.05) is 87.4 Å². The van der Waals surface area contributed by atoms with Gasteiger partial charge in [-0.15, -0.1) is 0 Å². The zero-order valence-corrected chi connectivity index (χ0v) is 19.1. The van der Waals surface area contributed by atoms with Crippen LogP contribution in [0.5, 0.6) is 0 Å². The van der Waals surface area contributed by atoms with Crippen LogP contribution >= 0.6 is 0 Å². The molecule has 4 aromatic rings. The van der Waals surface area contributed by atoms with Gasteiger partial charge < -0.3 is 15.5 Å². The monoisotopic (exact) mass is 438 g/mol. The Morgan fingerprint density at radius 1 is 0.939 bits per heavy atom. The first kappa shape index (κ1) is 22.0. The van der Waals surface area contributed by atoms with Crippen molar-refractivity contribution in [2.24, 2.45) is 0 Å². The van der Waals surface area contributed by atoms with Gasteiger partial charge in [0.05, 0.1) is 5.69 Å². The molecule has 2 aromatic heterocycles. The molecular weight excluding hydrogens is 412 g/mol. The van der Waals surface area contributed by atoms with Crippen LogP contribution in [0.2, 0.25) is 0 Å². The lowest BCUT2D eigenvalue weighted by molar-refractivity contribution is 0.102. The highest BCUT2D eigenvalue weighted by atomic mass is 16.1. The van der Waals surface area contributed by atoms with E-state index >= 15 is 0 Å². The first-order valence-electron chi connectivity index (χ1n) is 10.6. The number of aromatic nitrogens is 3. The zero-order chi connectivity index (χ0) is 23.4. The number of amides is 1. The molecule has 0 aliphatic rings. The lowest BCUT2D eigenvalue weighted by Gasteiger charge is -2.15. The molecule has 0 radical (unpaired) electrons. The van der Waals surface area contributed by atoms with E-state index in [0.29, 0.717) is 17.2 Å². The number of aryl methyl sites for hydroxylation is 2. The second kappa shape index (κ2) is 9.48. The molecule has 7 nitrogen and oxygen atoms in total. The number of nitrogens with one attached hydrogen (secondary N) is 2. The molecule has 0 spiro atoms. The Kier molecular flexibility index (Phi) is 6.31. The molecule has 4 rings (SSSR count). The first-order chi connectivity index (χ1) is 15.9. The maximum Gasteiger partial charge on any atom is 0.255 e. The van der Waals surface area contributed by atoms with E-state index in [1.54, 1.807) is 18.6 Å². The Morgan fingerprint density at radius 3 is 2.52 bits per heavy atom. The van der Waals surface area contributed by atoms with Crippen molar-refractivity contribution >= 4 is 28.9 Å². The molecule has 0 aliphatic carbocycles. The van der Waals surface area contributed by atoms with E-state index in [2.05, 4.69) is 25.6 Å². The van der Waals surface area contributed by atoms with Crippen molar-refractivity contribution in [3.8, 4) is 11.3 Å². The van der Waals surface area contributed by atoms with E-state index in [4.69, 9.17) is 0 Å². The summed E-state index contributed by atoms with van der Waals surface area (Å²) in [6.07, 6.45) is 5.20. The molecule has 0 saturated heterocycles. The molecule has 166 valence electrons. The molecule has 7 heteroatoms. The number of anilines is 4.